The first kappa shape index (κ1) is 23.8. The van der Waals surface area contributed by atoms with Crippen LogP contribution in [-0.2, 0) is 17.6 Å². The van der Waals surface area contributed by atoms with E-state index in [4.69, 9.17) is 9.47 Å². The number of fused-ring (bicyclic) bond motifs is 1. The number of rotatable bonds is 5. The molecule has 0 saturated carbocycles. The van der Waals surface area contributed by atoms with Crippen molar-refractivity contribution in [3.63, 3.8) is 0 Å². The lowest BCUT2D eigenvalue weighted by Crippen LogP contribution is -2.26. The Bertz CT molecular complexity index is 990. The van der Waals surface area contributed by atoms with Crippen LogP contribution in [0.3, 0.4) is 0 Å². The third-order valence-electron chi connectivity index (χ3n) is 5.66. The quantitative estimate of drug-likeness (QED) is 0.469. The molecule has 31 heavy (non-hydrogen) atoms. The lowest BCUT2D eigenvalue weighted by Gasteiger charge is -2.33. The number of ether oxygens (including phenoxy) is 2. The summed E-state index contributed by atoms with van der Waals surface area (Å²) in [5.41, 5.74) is 2.21. The molecule has 1 heterocycles. The minimum absolute atomic E-state index is 0.0351. The number of thiophene rings is 1. The molecule has 2 aromatic rings. The second-order valence-electron chi connectivity index (χ2n) is 9.27. The monoisotopic (exact) mass is 507 g/mol. The molecule has 1 aromatic heterocycles. The zero-order chi connectivity index (χ0) is 22.9. The molecule has 0 radical (unpaired) electrons. The Morgan fingerprint density at radius 2 is 1.97 bits per heavy atom. The number of anilines is 1. The lowest BCUT2D eigenvalue weighted by molar-refractivity contribution is 0.0600. The summed E-state index contributed by atoms with van der Waals surface area (Å²) < 4.78 is 11.5. The largest absolute Gasteiger partial charge is 0.490 e. The maximum Gasteiger partial charge on any atom is 0.341 e. The van der Waals surface area contributed by atoms with Crippen molar-refractivity contribution in [2.24, 2.45) is 11.3 Å². The van der Waals surface area contributed by atoms with Gasteiger partial charge in [0.05, 0.1) is 23.2 Å². The molecule has 3 rings (SSSR count). The molecule has 0 saturated heterocycles. The van der Waals surface area contributed by atoms with E-state index in [-0.39, 0.29) is 17.4 Å². The van der Waals surface area contributed by atoms with Crippen molar-refractivity contribution in [1.82, 2.24) is 0 Å². The number of carbonyl (C=O) groups is 2. The summed E-state index contributed by atoms with van der Waals surface area (Å²) >= 11 is 4.97. The molecule has 0 bridgehead atoms. The number of methoxy groups -OCH3 is 1. The Labute approximate surface area is 196 Å². The number of carbonyl (C=O) groups excluding carboxylic acids is 2. The Kier molecular flexibility index (Phi) is 7.16. The van der Waals surface area contributed by atoms with Gasteiger partial charge in [-0.15, -0.1) is 11.3 Å². The van der Waals surface area contributed by atoms with Crippen molar-refractivity contribution in [1.29, 1.82) is 0 Å². The summed E-state index contributed by atoms with van der Waals surface area (Å²) in [6.45, 7) is 10.7. The highest BCUT2D eigenvalue weighted by Crippen LogP contribution is 2.44. The van der Waals surface area contributed by atoms with Crippen molar-refractivity contribution in [2.75, 3.05) is 12.4 Å². The van der Waals surface area contributed by atoms with Gasteiger partial charge in [0, 0.05) is 10.4 Å². The Hall–Kier alpha value is -1.86. The second-order valence-corrected chi connectivity index (χ2v) is 11.2. The highest BCUT2D eigenvalue weighted by Gasteiger charge is 2.34. The minimum atomic E-state index is -0.399. The maximum absolute atomic E-state index is 13.0. The van der Waals surface area contributed by atoms with Gasteiger partial charge in [0.25, 0.3) is 5.91 Å². The zero-order valence-corrected chi connectivity index (χ0v) is 21.3. The third-order valence-corrected chi connectivity index (χ3v) is 7.45. The number of halogens is 1. The van der Waals surface area contributed by atoms with Crippen LogP contribution in [0.4, 0.5) is 5.00 Å². The van der Waals surface area contributed by atoms with E-state index in [1.165, 1.54) is 23.3 Å². The van der Waals surface area contributed by atoms with Gasteiger partial charge < -0.3 is 14.8 Å². The molecule has 0 aliphatic heterocycles. The summed E-state index contributed by atoms with van der Waals surface area (Å²) in [4.78, 5) is 26.7. The fourth-order valence-corrected chi connectivity index (χ4v) is 5.68. The lowest BCUT2D eigenvalue weighted by atomic mass is 9.72. The van der Waals surface area contributed by atoms with Crippen molar-refractivity contribution >= 4 is 44.1 Å². The maximum atomic E-state index is 13.0. The molecule has 1 unspecified atom stereocenters. The van der Waals surface area contributed by atoms with E-state index >= 15 is 0 Å². The molecule has 0 fully saturated rings. The smallest absolute Gasteiger partial charge is 0.341 e. The van der Waals surface area contributed by atoms with Crippen LogP contribution in [0.1, 0.15) is 72.2 Å². The summed E-state index contributed by atoms with van der Waals surface area (Å²) in [5.74, 6) is 0.551. The van der Waals surface area contributed by atoms with Gasteiger partial charge in [-0.25, -0.2) is 4.79 Å². The van der Waals surface area contributed by atoms with Crippen LogP contribution in [0.15, 0.2) is 22.7 Å². The highest BCUT2D eigenvalue weighted by atomic mass is 79.9. The molecule has 7 heteroatoms. The number of esters is 1. The molecule has 168 valence electrons. The predicted molar refractivity (Wildman–Crippen MR) is 128 cm³/mol. The fraction of sp³-hybridized carbons (Fsp3) is 0.500. The first-order chi connectivity index (χ1) is 14.5. The van der Waals surface area contributed by atoms with E-state index in [0.717, 1.165) is 24.8 Å². The second kappa shape index (κ2) is 9.33. The number of hydrogen-bond acceptors (Lipinski definition) is 5. The number of benzene rings is 1. The molecule has 0 spiro atoms. The van der Waals surface area contributed by atoms with Crippen LogP contribution in [0.2, 0.25) is 0 Å². The summed E-state index contributed by atoms with van der Waals surface area (Å²) in [6.07, 6.45) is 2.79. The first-order valence-electron chi connectivity index (χ1n) is 10.5. The Balaban J connectivity index is 1.89. The normalized spacial score (nSPS) is 16.1. The van der Waals surface area contributed by atoms with Crippen LogP contribution >= 0.6 is 27.3 Å². The summed E-state index contributed by atoms with van der Waals surface area (Å²) in [6, 6.07) is 5.22. The van der Waals surface area contributed by atoms with Crippen molar-refractivity contribution in [3.05, 3.63) is 44.2 Å². The molecule has 1 N–H and O–H groups in total. The molecule has 1 aliphatic rings. The highest BCUT2D eigenvalue weighted by molar-refractivity contribution is 9.10. The van der Waals surface area contributed by atoms with Crippen LogP contribution in [0.25, 0.3) is 0 Å². The van der Waals surface area contributed by atoms with Crippen LogP contribution in [0.5, 0.6) is 5.75 Å². The molecule has 1 amide bonds. The van der Waals surface area contributed by atoms with Crippen molar-refractivity contribution < 1.29 is 19.1 Å². The van der Waals surface area contributed by atoms with Crippen LogP contribution in [-0.4, -0.2) is 25.1 Å². The van der Waals surface area contributed by atoms with Gasteiger partial charge in [-0.3, -0.25) is 4.79 Å². The van der Waals surface area contributed by atoms with E-state index in [9.17, 15) is 9.59 Å². The zero-order valence-electron chi connectivity index (χ0n) is 18.9. The van der Waals surface area contributed by atoms with E-state index < -0.39 is 5.97 Å². The first-order valence-corrected chi connectivity index (χ1v) is 12.1. The Morgan fingerprint density at radius 3 is 2.55 bits per heavy atom. The molecular weight excluding hydrogens is 478 g/mol. The van der Waals surface area contributed by atoms with Gasteiger partial charge in [0.1, 0.15) is 10.8 Å². The topological polar surface area (TPSA) is 64.6 Å². The van der Waals surface area contributed by atoms with Gasteiger partial charge in [-0.2, -0.15) is 0 Å². The van der Waals surface area contributed by atoms with Gasteiger partial charge in [-0.05, 0) is 84.1 Å². The fourth-order valence-electron chi connectivity index (χ4n) is 3.90. The average molecular weight is 508 g/mol. The molecular formula is C24H30BrNO4S. The third kappa shape index (κ3) is 5.32. The van der Waals surface area contributed by atoms with E-state index in [2.05, 4.69) is 42.0 Å². The van der Waals surface area contributed by atoms with Gasteiger partial charge in [-0.1, -0.05) is 20.8 Å². The van der Waals surface area contributed by atoms with Gasteiger partial charge >= 0.3 is 5.97 Å². The van der Waals surface area contributed by atoms with E-state index in [1.54, 1.807) is 18.2 Å². The number of amides is 1. The average Bonchev–Trinajstić information content (AvgIpc) is 3.04. The molecule has 5 nitrogen and oxygen atoms in total. The van der Waals surface area contributed by atoms with Crippen LogP contribution < -0.4 is 10.1 Å². The minimum Gasteiger partial charge on any atom is -0.490 e. The SMILES string of the molecule is COC(=O)c1c(NC(=O)c2ccc(OC(C)C)c(Br)c2)sc2c1CCC(C(C)(C)C)C2. The van der Waals surface area contributed by atoms with E-state index in [1.807, 2.05) is 13.8 Å². The van der Waals surface area contributed by atoms with E-state index in [0.29, 0.717) is 32.3 Å². The van der Waals surface area contributed by atoms with Crippen molar-refractivity contribution in [2.45, 2.75) is 60.0 Å². The standard InChI is InChI=1S/C24H30BrNO4S/c1-13(2)30-18-10-7-14(11-17(18)25)21(27)26-22-20(23(28)29-6)16-9-8-15(24(3,4)5)12-19(16)31-22/h7,10-11,13,15H,8-9,12H2,1-6H3,(H,26,27). The van der Waals surface area contributed by atoms with Crippen molar-refractivity contribution in [3.8, 4) is 5.75 Å². The summed E-state index contributed by atoms with van der Waals surface area (Å²) in [5, 5.41) is 3.52. The molecule has 1 aliphatic carbocycles. The molecule has 1 aromatic carbocycles. The predicted octanol–water partition coefficient (Wildman–Crippen LogP) is 6.49. The number of hydrogen-bond donors (Lipinski definition) is 1. The van der Waals surface area contributed by atoms with Gasteiger partial charge in [0.2, 0.25) is 0 Å². The summed E-state index contributed by atoms with van der Waals surface area (Å²) in [7, 11) is 1.38. The molecule has 1 atom stereocenters. The Morgan fingerprint density at radius 1 is 1.26 bits per heavy atom. The number of nitrogens with one attached hydrogen (secondary N) is 1. The van der Waals surface area contributed by atoms with Crippen LogP contribution in [0, 0.1) is 11.3 Å². The van der Waals surface area contributed by atoms with Gasteiger partial charge in [0.15, 0.2) is 0 Å².